The highest BCUT2D eigenvalue weighted by Crippen LogP contribution is 2.15. The third-order valence-electron chi connectivity index (χ3n) is 5.87. The van der Waals surface area contributed by atoms with Crippen molar-refractivity contribution in [3.63, 3.8) is 0 Å². The highest BCUT2D eigenvalue weighted by atomic mass is 28.1. The summed E-state index contributed by atoms with van der Waals surface area (Å²) in [6, 6.07) is 15.1. The van der Waals surface area contributed by atoms with E-state index in [4.69, 9.17) is 4.74 Å². The average Bonchev–Trinajstić information content (AvgIpc) is 2.88. The normalized spacial score (nSPS) is 13.2. The Morgan fingerprint density at radius 1 is 0.919 bits per heavy atom. The number of benzene rings is 2. The summed E-state index contributed by atoms with van der Waals surface area (Å²) in [5, 5.41) is 9.78. The number of carbonyl (C=O) groups is 4. The summed E-state index contributed by atoms with van der Waals surface area (Å²) in [7, 11) is 1.87. The van der Waals surface area contributed by atoms with Gasteiger partial charge in [-0.1, -0.05) is 63.2 Å². The summed E-state index contributed by atoms with van der Waals surface area (Å²) in [4.78, 5) is 51.4. The largest absolute Gasteiger partial charge is 0.497 e. The van der Waals surface area contributed by atoms with Crippen LogP contribution in [-0.4, -0.2) is 52.2 Å². The van der Waals surface area contributed by atoms with Crippen LogP contribution >= 0.6 is 0 Å². The molecule has 4 N–H and O–H groups in total. The fourth-order valence-corrected chi connectivity index (χ4v) is 5.12. The van der Waals surface area contributed by atoms with E-state index in [0.29, 0.717) is 29.0 Å². The molecule has 0 bridgehead atoms. The molecule has 2 atom stereocenters. The topological polar surface area (TPSA) is 126 Å². The Morgan fingerprint density at radius 2 is 1.51 bits per heavy atom. The number of hydrogen-bond acceptors (Lipinski definition) is 5. The number of rotatable bonds is 13. The van der Waals surface area contributed by atoms with Crippen LogP contribution in [-0.2, 0) is 27.5 Å². The van der Waals surface area contributed by atoms with Gasteiger partial charge in [0, 0.05) is 23.3 Å². The van der Waals surface area contributed by atoms with E-state index in [1.165, 1.54) is 0 Å². The molecular weight excluding hydrogens is 488 g/mol. The van der Waals surface area contributed by atoms with Crippen LogP contribution < -0.4 is 26.0 Å². The lowest BCUT2D eigenvalue weighted by Crippen LogP contribution is -2.64. The third-order valence-corrected chi connectivity index (χ3v) is 6.98. The van der Waals surface area contributed by atoms with Crippen LogP contribution in [0.25, 0.3) is 0 Å². The molecular formula is C27H38N4O5Si. The Labute approximate surface area is 221 Å². The maximum atomic E-state index is 13.3. The molecule has 10 heteroatoms. The summed E-state index contributed by atoms with van der Waals surface area (Å²) in [6.45, 7) is 6.12. The lowest BCUT2D eigenvalue weighted by Gasteiger charge is -2.33. The van der Waals surface area contributed by atoms with Gasteiger partial charge in [-0.05, 0) is 42.0 Å². The summed E-state index contributed by atoms with van der Waals surface area (Å²) in [6.07, 6.45) is 0.637. The van der Waals surface area contributed by atoms with Crippen molar-refractivity contribution in [2.45, 2.75) is 57.9 Å². The van der Waals surface area contributed by atoms with Crippen LogP contribution in [0.2, 0.25) is 0 Å². The van der Waals surface area contributed by atoms with Gasteiger partial charge < -0.3 is 26.0 Å². The first-order valence-corrected chi connectivity index (χ1v) is 13.4. The minimum atomic E-state index is -1.15. The first-order valence-electron chi connectivity index (χ1n) is 12.4. The number of ketones is 1. The smallest absolute Gasteiger partial charge is 0.315 e. The molecule has 0 fully saturated rings. The quantitative estimate of drug-likeness (QED) is 0.232. The van der Waals surface area contributed by atoms with Crippen LogP contribution in [0, 0.1) is 5.92 Å². The zero-order chi connectivity index (χ0) is 27.4. The number of ether oxygens (including phenoxy) is 1. The van der Waals surface area contributed by atoms with E-state index in [2.05, 4.69) is 21.3 Å². The lowest BCUT2D eigenvalue weighted by atomic mass is 10.0. The van der Waals surface area contributed by atoms with Crippen molar-refractivity contribution in [3.05, 3.63) is 65.7 Å². The van der Waals surface area contributed by atoms with E-state index in [1.54, 1.807) is 38.3 Å². The SMILES string of the molecule is CCC(NC(=O)[C@@]([SiH3])(CC(C)C)NC(=O)NCc1ccccc1)C(=O)C(=O)NCc1ccc(OC)cc1. The molecule has 2 rings (SSSR count). The second-order valence-corrected chi connectivity index (χ2v) is 11.3. The van der Waals surface area contributed by atoms with Gasteiger partial charge in [0.2, 0.25) is 11.7 Å². The van der Waals surface area contributed by atoms with Crippen LogP contribution in [0.15, 0.2) is 54.6 Å². The van der Waals surface area contributed by atoms with Crippen molar-refractivity contribution < 1.29 is 23.9 Å². The fourth-order valence-electron chi connectivity index (χ4n) is 3.93. The highest BCUT2D eigenvalue weighted by molar-refractivity contribution is 6.39. The first-order chi connectivity index (χ1) is 17.6. The van der Waals surface area contributed by atoms with Crippen LogP contribution in [0.4, 0.5) is 4.79 Å². The lowest BCUT2D eigenvalue weighted by molar-refractivity contribution is -0.140. The molecule has 200 valence electrons. The molecule has 0 saturated carbocycles. The van der Waals surface area contributed by atoms with Crippen molar-refractivity contribution in [2.24, 2.45) is 5.92 Å². The minimum Gasteiger partial charge on any atom is -0.497 e. The van der Waals surface area contributed by atoms with Gasteiger partial charge in [-0.25, -0.2) is 4.79 Å². The fraction of sp³-hybridized carbons (Fsp3) is 0.407. The van der Waals surface area contributed by atoms with Crippen LogP contribution in [0.1, 0.15) is 44.7 Å². The number of urea groups is 1. The zero-order valence-corrected chi connectivity index (χ0v) is 24.2. The predicted molar refractivity (Wildman–Crippen MR) is 146 cm³/mol. The number of hydrogen-bond donors (Lipinski definition) is 4. The van der Waals surface area contributed by atoms with Gasteiger partial charge in [0.15, 0.2) is 0 Å². The van der Waals surface area contributed by atoms with E-state index >= 15 is 0 Å². The van der Waals surface area contributed by atoms with Crippen molar-refractivity contribution >= 4 is 33.9 Å². The second-order valence-electron chi connectivity index (χ2n) is 9.55. The highest BCUT2D eigenvalue weighted by Gasteiger charge is 2.38. The van der Waals surface area contributed by atoms with Gasteiger partial charge in [0.25, 0.3) is 5.91 Å². The first kappa shape index (κ1) is 29.6. The van der Waals surface area contributed by atoms with Crippen molar-refractivity contribution in [2.75, 3.05) is 7.11 Å². The Bertz CT molecular complexity index is 1060. The molecule has 1 unspecified atom stereocenters. The van der Waals surface area contributed by atoms with Crippen LogP contribution in [0.5, 0.6) is 5.75 Å². The van der Waals surface area contributed by atoms with Crippen LogP contribution in [0.3, 0.4) is 0 Å². The number of nitrogens with one attached hydrogen (secondary N) is 4. The van der Waals surface area contributed by atoms with E-state index in [-0.39, 0.29) is 18.9 Å². The summed E-state index contributed by atoms with van der Waals surface area (Å²) < 4.78 is 5.12. The maximum absolute atomic E-state index is 13.3. The maximum Gasteiger partial charge on any atom is 0.315 e. The number of carbonyl (C=O) groups excluding carboxylic acids is 4. The molecule has 0 saturated heterocycles. The van der Waals surface area contributed by atoms with Crippen molar-refractivity contribution in [3.8, 4) is 5.75 Å². The zero-order valence-electron chi connectivity index (χ0n) is 22.2. The van der Waals surface area contributed by atoms with Crippen molar-refractivity contribution in [1.29, 1.82) is 0 Å². The Hall–Kier alpha value is -3.66. The molecule has 9 nitrogen and oxygen atoms in total. The minimum absolute atomic E-state index is 0.112. The monoisotopic (exact) mass is 526 g/mol. The summed E-state index contributed by atoms with van der Waals surface area (Å²) in [5.41, 5.74) is 1.74. The van der Waals surface area contributed by atoms with Crippen molar-refractivity contribution in [1.82, 2.24) is 21.3 Å². The Kier molecular flexibility index (Phi) is 11.3. The van der Waals surface area contributed by atoms with Gasteiger partial charge >= 0.3 is 6.03 Å². The molecule has 4 amide bonds. The molecule has 0 aromatic heterocycles. The number of methoxy groups -OCH3 is 1. The predicted octanol–water partition coefficient (Wildman–Crippen LogP) is 1.38. The van der Waals surface area contributed by atoms with Gasteiger partial charge in [-0.3, -0.25) is 14.4 Å². The molecule has 0 spiro atoms. The summed E-state index contributed by atoms with van der Waals surface area (Å²) in [5.74, 6) is -1.17. The average molecular weight is 527 g/mol. The standard InChI is InChI=1S/C27H38N4O5Si/c1-5-22(23(32)24(33)28-16-20-11-13-21(36-4)14-12-20)30-25(34)27(37,15-18(2)3)31-26(35)29-17-19-9-7-6-8-10-19/h6-14,18,22H,5,15-17H2,1-4,37H3,(H,28,33)(H,30,34)(H2,29,31,35)/t22?,27-/m0/s1. The molecule has 2 aromatic carbocycles. The molecule has 0 radical (unpaired) electrons. The van der Waals surface area contributed by atoms with E-state index in [0.717, 1.165) is 11.1 Å². The van der Waals surface area contributed by atoms with Gasteiger partial charge in [-0.15, -0.1) is 0 Å². The summed E-state index contributed by atoms with van der Waals surface area (Å²) >= 11 is 0. The van der Waals surface area contributed by atoms with Gasteiger partial charge in [0.1, 0.15) is 5.75 Å². The Morgan fingerprint density at radius 3 is 2.08 bits per heavy atom. The molecule has 37 heavy (non-hydrogen) atoms. The number of Topliss-reactive ketones (excluding diaryl/α,β-unsaturated/α-hetero) is 1. The molecule has 2 aromatic rings. The van der Waals surface area contributed by atoms with E-state index in [9.17, 15) is 19.2 Å². The molecule has 0 aliphatic rings. The molecule has 0 heterocycles. The van der Waals surface area contributed by atoms with Gasteiger partial charge in [-0.2, -0.15) is 0 Å². The van der Waals surface area contributed by atoms with E-state index < -0.39 is 34.8 Å². The molecule has 0 aliphatic carbocycles. The Balaban J connectivity index is 2.00. The van der Waals surface area contributed by atoms with Gasteiger partial charge in [0.05, 0.1) is 18.3 Å². The third kappa shape index (κ3) is 9.38. The number of amides is 4. The second kappa shape index (κ2) is 14.2. The van der Waals surface area contributed by atoms with E-state index in [1.807, 2.05) is 44.2 Å². The molecule has 0 aliphatic heterocycles.